The molecule has 0 aromatic heterocycles. The summed E-state index contributed by atoms with van der Waals surface area (Å²) >= 11 is 3.08. The molecule has 0 aliphatic carbocycles. The molecule has 1 aromatic rings. The van der Waals surface area contributed by atoms with E-state index in [1.165, 1.54) is 26.3 Å². The van der Waals surface area contributed by atoms with E-state index < -0.39 is 18.9 Å². The standard InChI is InChI=1S/C11H11BrF3NO3/c1-16(10(17)18-2)8-5-3-4-7(12)9(8)19-6-11(13,14)15/h3-5H,6H2,1-2H3. The second-order valence-electron chi connectivity index (χ2n) is 3.52. The molecule has 0 atom stereocenters. The van der Waals surface area contributed by atoms with E-state index in [2.05, 4.69) is 20.7 Å². The van der Waals surface area contributed by atoms with Crippen molar-refractivity contribution in [1.29, 1.82) is 0 Å². The number of hydrogen-bond donors (Lipinski definition) is 0. The van der Waals surface area contributed by atoms with Crippen LogP contribution < -0.4 is 9.64 Å². The number of alkyl halides is 3. The number of para-hydroxylation sites is 1. The Morgan fingerprint density at radius 3 is 2.58 bits per heavy atom. The minimum absolute atomic E-state index is 0.0762. The number of rotatable bonds is 3. The van der Waals surface area contributed by atoms with E-state index in [0.29, 0.717) is 4.47 Å². The second kappa shape index (κ2) is 6.14. The zero-order valence-corrected chi connectivity index (χ0v) is 11.7. The number of halogens is 4. The van der Waals surface area contributed by atoms with Crippen LogP contribution in [0, 0.1) is 0 Å². The number of methoxy groups -OCH3 is 1. The number of ether oxygens (including phenoxy) is 2. The summed E-state index contributed by atoms with van der Waals surface area (Å²) in [7, 11) is 2.54. The first-order valence-corrected chi connectivity index (χ1v) is 5.85. The smallest absolute Gasteiger partial charge is 0.422 e. The van der Waals surface area contributed by atoms with Gasteiger partial charge in [-0.2, -0.15) is 13.2 Å². The van der Waals surface area contributed by atoms with Crippen LogP contribution >= 0.6 is 15.9 Å². The van der Waals surface area contributed by atoms with Crippen molar-refractivity contribution >= 4 is 27.7 Å². The Morgan fingerprint density at radius 1 is 1.42 bits per heavy atom. The molecule has 0 spiro atoms. The van der Waals surface area contributed by atoms with Gasteiger partial charge in [-0.25, -0.2) is 4.79 Å². The maximum absolute atomic E-state index is 12.2. The summed E-state index contributed by atoms with van der Waals surface area (Å²) in [6.45, 7) is -1.45. The number of nitrogens with zero attached hydrogens (tertiary/aromatic N) is 1. The Balaban J connectivity index is 3.05. The van der Waals surface area contributed by atoms with E-state index in [1.54, 1.807) is 6.07 Å². The van der Waals surface area contributed by atoms with Crippen molar-refractivity contribution in [3.63, 3.8) is 0 Å². The van der Waals surface area contributed by atoms with Crippen LogP contribution in [0.25, 0.3) is 0 Å². The molecular weight excluding hydrogens is 331 g/mol. The normalized spacial score (nSPS) is 11.1. The zero-order valence-electron chi connectivity index (χ0n) is 10.1. The largest absolute Gasteiger partial charge is 0.481 e. The highest BCUT2D eigenvalue weighted by atomic mass is 79.9. The molecule has 0 unspecified atom stereocenters. The highest BCUT2D eigenvalue weighted by molar-refractivity contribution is 9.10. The maximum atomic E-state index is 12.2. The van der Waals surface area contributed by atoms with Crippen LogP contribution in [0.15, 0.2) is 22.7 Å². The Hall–Kier alpha value is -1.44. The molecule has 19 heavy (non-hydrogen) atoms. The van der Waals surface area contributed by atoms with Gasteiger partial charge in [0.05, 0.1) is 17.3 Å². The molecule has 4 nitrogen and oxygen atoms in total. The lowest BCUT2D eigenvalue weighted by molar-refractivity contribution is -0.153. The van der Waals surface area contributed by atoms with Gasteiger partial charge in [0, 0.05) is 7.05 Å². The molecule has 106 valence electrons. The van der Waals surface area contributed by atoms with Gasteiger partial charge in [-0.15, -0.1) is 0 Å². The number of anilines is 1. The van der Waals surface area contributed by atoms with Crippen molar-refractivity contribution in [3.8, 4) is 5.75 Å². The van der Waals surface area contributed by atoms with Crippen LogP contribution in [0.1, 0.15) is 0 Å². The third-order valence-electron chi connectivity index (χ3n) is 2.14. The third kappa shape index (κ3) is 4.30. The van der Waals surface area contributed by atoms with Crippen LogP contribution in [-0.2, 0) is 4.74 Å². The molecule has 0 saturated heterocycles. The second-order valence-corrected chi connectivity index (χ2v) is 4.38. The first-order valence-electron chi connectivity index (χ1n) is 5.06. The highest BCUT2D eigenvalue weighted by Crippen LogP contribution is 2.36. The third-order valence-corrected chi connectivity index (χ3v) is 2.76. The van der Waals surface area contributed by atoms with Gasteiger partial charge in [0.15, 0.2) is 12.4 Å². The SMILES string of the molecule is COC(=O)N(C)c1cccc(Br)c1OCC(F)(F)F. The van der Waals surface area contributed by atoms with Gasteiger partial charge in [0.25, 0.3) is 0 Å². The first-order chi connectivity index (χ1) is 8.76. The highest BCUT2D eigenvalue weighted by Gasteiger charge is 2.30. The molecule has 0 bridgehead atoms. The van der Waals surface area contributed by atoms with E-state index in [-0.39, 0.29) is 11.4 Å². The Labute approximate surface area is 116 Å². The lowest BCUT2D eigenvalue weighted by Crippen LogP contribution is -2.27. The first kappa shape index (κ1) is 15.6. The van der Waals surface area contributed by atoms with Gasteiger partial charge in [-0.3, -0.25) is 4.90 Å². The Kier molecular flexibility index (Phi) is 5.04. The molecule has 1 aromatic carbocycles. The predicted octanol–water partition coefficient (Wildman–Crippen LogP) is 3.59. The minimum Gasteiger partial charge on any atom is -0.481 e. The van der Waals surface area contributed by atoms with E-state index in [9.17, 15) is 18.0 Å². The molecule has 0 aliphatic heterocycles. The molecular formula is C11H11BrF3NO3. The quantitative estimate of drug-likeness (QED) is 0.843. The Bertz CT molecular complexity index is 465. The Morgan fingerprint density at radius 2 is 2.05 bits per heavy atom. The molecule has 0 heterocycles. The molecule has 0 fully saturated rings. The van der Waals surface area contributed by atoms with Crippen LogP contribution in [0.4, 0.5) is 23.7 Å². The monoisotopic (exact) mass is 341 g/mol. The molecule has 1 amide bonds. The van der Waals surface area contributed by atoms with Crippen LogP contribution in [0.5, 0.6) is 5.75 Å². The average molecular weight is 342 g/mol. The summed E-state index contributed by atoms with van der Waals surface area (Å²) < 4.78 is 46.1. The van der Waals surface area contributed by atoms with Gasteiger partial charge in [0.2, 0.25) is 0 Å². The summed E-state index contributed by atoms with van der Waals surface area (Å²) in [5.41, 5.74) is 0.172. The number of amides is 1. The summed E-state index contributed by atoms with van der Waals surface area (Å²) in [5, 5.41) is 0. The number of benzene rings is 1. The summed E-state index contributed by atoms with van der Waals surface area (Å²) in [4.78, 5) is 12.4. The molecule has 8 heteroatoms. The number of hydrogen-bond acceptors (Lipinski definition) is 3. The number of carbonyl (C=O) groups excluding carboxylic acids is 1. The van der Waals surface area contributed by atoms with Crippen LogP contribution in [0.3, 0.4) is 0 Å². The van der Waals surface area contributed by atoms with E-state index in [1.807, 2.05) is 0 Å². The predicted molar refractivity (Wildman–Crippen MR) is 66.5 cm³/mol. The van der Waals surface area contributed by atoms with Crippen molar-refractivity contribution in [2.24, 2.45) is 0 Å². The average Bonchev–Trinajstić information content (AvgIpc) is 2.34. The fraction of sp³-hybridized carbons (Fsp3) is 0.364. The van der Waals surface area contributed by atoms with E-state index in [4.69, 9.17) is 4.74 Å². The van der Waals surface area contributed by atoms with Crippen molar-refractivity contribution < 1.29 is 27.4 Å². The molecule has 1 rings (SSSR count). The molecule has 0 N–H and O–H groups in total. The molecule has 0 saturated carbocycles. The minimum atomic E-state index is -4.46. The van der Waals surface area contributed by atoms with E-state index >= 15 is 0 Å². The van der Waals surface area contributed by atoms with Crippen LogP contribution in [-0.4, -0.2) is 33.0 Å². The van der Waals surface area contributed by atoms with Crippen molar-refractivity contribution in [1.82, 2.24) is 0 Å². The lowest BCUT2D eigenvalue weighted by Gasteiger charge is -2.20. The zero-order chi connectivity index (χ0) is 14.6. The van der Waals surface area contributed by atoms with Crippen molar-refractivity contribution in [2.75, 3.05) is 25.7 Å². The van der Waals surface area contributed by atoms with E-state index in [0.717, 1.165) is 4.90 Å². The fourth-order valence-electron chi connectivity index (χ4n) is 1.29. The van der Waals surface area contributed by atoms with Gasteiger partial charge in [-0.05, 0) is 28.1 Å². The maximum Gasteiger partial charge on any atom is 0.422 e. The van der Waals surface area contributed by atoms with Crippen molar-refractivity contribution in [3.05, 3.63) is 22.7 Å². The van der Waals surface area contributed by atoms with Gasteiger partial charge in [-0.1, -0.05) is 6.07 Å². The fourth-order valence-corrected chi connectivity index (χ4v) is 1.76. The summed E-state index contributed by atoms with van der Waals surface area (Å²) in [6, 6.07) is 4.53. The van der Waals surface area contributed by atoms with Gasteiger partial charge < -0.3 is 9.47 Å². The molecule has 0 radical (unpaired) electrons. The topological polar surface area (TPSA) is 38.8 Å². The van der Waals surface area contributed by atoms with Crippen molar-refractivity contribution in [2.45, 2.75) is 6.18 Å². The van der Waals surface area contributed by atoms with Crippen LogP contribution in [0.2, 0.25) is 0 Å². The van der Waals surface area contributed by atoms with Gasteiger partial charge >= 0.3 is 12.3 Å². The number of carbonyl (C=O) groups is 1. The summed E-state index contributed by atoms with van der Waals surface area (Å²) in [6.07, 6.45) is -5.17. The lowest BCUT2D eigenvalue weighted by atomic mass is 10.3. The summed E-state index contributed by atoms with van der Waals surface area (Å²) in [5.74, 6) is -0.0762. The molecule has 0 aliphatic rings. The van der Waals surface area contributed by atoms with Gasteiger partial charge in [0.1, 0.15) is 0 Å².